The predicted molar refractivity (Wildman–Crippen MR) is 82.3 cm³/mol. The van der Waals surface area contributed by atoms with Crippen LogP contribution in [0.2, 0.25) is 0 Å². The second-order valence-corrected chi connectivity index (χ2v) is 5.83. The Morgan fingerprint density at radius 3 is 2.35 bits per heavy atom. The fourth-order valence-corrected chi connectivity index (χ4v) is 2.78. The van der Waals surface area contributed by atoms with Gasteiger partial charge in [-0.2, -0.15) is 0 Å². The minimum Gasteiger partial charge on any atom is -0.399 e. The summed E-state index contributed by atoms with van der Waals surface area (Å²) in [4.78, 5) is 0. The monoisotopic (exact) mass is 267 g/mol. The molecular weight excluding hydrogens is 246 g/mol. The van der Waals surface area contributed by atoms with Gasteiger partial charge in [0.05, 0.1) is 0 Å². The lowest BCUT2D eigenvalue weighted by molar-refractivity contribution is 0.0670. The van der Waals surface area contributed by atoms with Gasteiger partial charge in [0.1, 0.15) is 5.60 Å². The van der Waals surface area contributed by atoms with Gasteiger partial charge in [0, 0.05) is 5.69 Å². The summed E-state index contributed by atoms with van der Waals surface area (Å²) < 4.78 is 0. The zero-order valence-electron chi connectivity index (χ0n) is 11.6. The lowest BCUT2D eigenvalue weighted by Gasteiger charge is -2.30. The number of aliphatic hydroxyl groups is 1. The Bertz CT molecular complexity index is 577. The van der Waals surface area contributed by atoms with Crippen LogP contribution in [0.5, 0.6) is 0 Å². The third-order valence-electron chi connectivity index (χ3n) is 4.23. The number of benzene rings is 2. The van der Waals surface area contributed by atoms with E-state index in [2.05, 4.69) is 0 Å². The number of hydrogen-bond acceptors (Lipinski definition) is 2. The van der Waals surface area contributed by atoms with Crippen molar-refractivity contribution in [3.63, 3.8) is 0 Å². The molecule has 3 N–H and O–H groups in total. The Labute approximate surface area is 120 Å². The van der Waals surface area contributed by atoms with Gasteiger partial charge in [-0.1, -0.05) is 55.3 Å². The number of nitrogen functional groups attached to an aromatic ring is 1. The van der Waals surface area contributed by atoms with E-state index >= 15 is 0 Å². The normalized spacial score (nSPS) is 17.6. The summed E-state index contributed by atoms with van der Waals surface area (Å²) in [6, 6.07) is 17.5. The highest BCUT2D eigenvalue weighted by Gasteiger charge is 2.34. The third-order valence-corrected chi connectivity index (χ3v) is 4.23. The van der Waals surface area contributed by atoms with E-state index in [1.807, 2.05) is 54.6 Å². The highest BCUT2D eigenvalue weighted by Crippen LogP contribution is 2.41. The van der Waals surface area contributed by atoms with Gasteiger partial charge in [0.25, 0.3) is 0 Å². The second-order valence-electron chi connectivity index (χ2n) is 5.83. The van der Waals surface area contributed by atoms with E-state index in [0.29, 0.717) is 5.69 Å². The summed E-state index contributed by atoms with van der Waals surface area (Å²) in [7, 11) is 0. The van der Waals surface area contributed by atoms with Crippen LogP contribution in [0.25, 0.3) is 0 Å². The van der Waals surface area contributed by atoms with Gasteiger partial charge in [-0.15, -0.1) is 0 Å². The number of hydrogen-bond donors (Lipinski definition) is 2. The molecule has 0 aliphatic heterocycles. The predicted octanol–water partition coefficient (Wildman–Crippen LogP) is 3.69. The molecule has 104 valence electrons. The van der Waals surface area contributed by atoms with Gasteiger partial charge in [-0.25, -0.2) is 0 Å². The lowest BCUT2D eigenvalue weighted by atomic mass is 9.82. The molecule has 0 radical (unpaired) electrons. The van der Waals surface area contributed by atoms with Crippen LogP contribution in [0.1, 0.15) is 36.8 Å². The van der Waals surface area contributed by atoms with Gasteiger partial charge in [-0.05, 0) is 42.0 Å². The van der Waals surface area contributed by atoms with Crippen molar-refractivity contribution in [1.82, 2.24) is 0 Å². The molecule has 1 atom stereocenters. The standard InChI is InChI=1S/C18H21NO/c19-17-8-4-7-16(13-17)18(20,12-11-14-9-10-14)15-5-2-1-3-6-15/h1-8,13-14,20H,9-12,19H2. The molecule has 2 aromatic rings. The van der Waals surface area contributed by atoms with Crippen molar-refractivity contribution < 1.29 is 5.11 Å². The first-order valence-corrected chi connectivity index (χ1v) is 7.32. The largest absolute Gasteiger partial charge is 0.399 e. The molecule has 1 aliphatic rings. The van der Waals surface area contributed by atoms with Crippen molar-refractivity contribution in [3.05, 3.63) is 65.7 Å². The van der Waals surface area contributed by atoms with Crippen LogP contribution in [0.3, 0.4) is 0 Å². The molecule has 0 amide bonds. The molecule has 1 fully saturated rings. The smallest absolute Gasteiger partial charge is 0.115 e. The molecule has 0 aromatic heterocycles. The van der Waals surface area contributed by atoms with Crippen molar-refractivity contribution in [3.8, 4) is 0 Å². The summed E-state index contributed by atoms with van der Waals surface area (Å²) in [5, 5.41) is 11.3. The van der Waals surface area contributed by atoms with E-state index in [1.165, 1.54) is 12.8 Å². The fraction of sp³-hybridized carbons (Fsp3) is 0.333. The quantitative estimate of drug-likeness (QED) is 0.811. The fourth-order valence-electron chi connectivity index (χ4n) is 2.78. The molecule has 3 rings (SSSR count). The van der Waals surface area contributed by atoms with Crippen LogP contribution in [0, 0.1) is 5.92 Å². The van der Waals surface area contributed by atoms with Gasteiger partial charge in [0.15, 0.2) is 0 Å². The lowest BCUT2D eigenvalue weighted by Crippen LogP contribution is -2.27. The van der Waals surface area contributed by atoms with Crippen molar-refractivity contribution in [2.24, 2.45) is 5.92 Å². The Kier molecular flexibility index (Phi) is 3.49. The van der Waals surface area contributed by atoms with Crippen molar-refractivity contribution in [2.45, 2.75) is 31.3 Å². The van der Waals surface area contributed by atoms with E-state index in [9.17, 15) is 5.11 Å². The Balaban J connectivity index is 1.97. The maximum atomic E-state index is 11.3. The molecular formula is C18H21NO. The van der Waals surface area contributed by atoms with Crippen molar-refractivity contribution in [2.75, 3.05) is 5.73 Å². The molecule has 0 heterocycles. The van der Waals surface area contributed by atoms with Gasteiger partial charge < -0.3 is 10.8 Å². The van der Waals surface area contributed by atoms with Gasteiger partial charge in [0.2, 0.25) is 0 Å². The molecule has 0 spiro atoms. The molecule has 2 heteroatoms. The molecule has 0 bridgehead atoms. The van der Waals surface area contributed by atoms with Gasteiger partial charge in [-0.3, -0.25) is 0 Å². The zero-order valence-corrected chi connectivity index (χ0v) is 11.6. The summed E-state index contributed by atoms with van der Waals surface area (Å²) in [6.07, 6.45) is 4.44. The average Bonchev–Trinajstić information content (AvgIpc) is 3.30. The Hall–Kier alpha value is -1.80. The van der Waals surface area contributed by atoms with Crippen LogP contribution in [0.4, 0.5) is 5.69 Å². The van der Waals surface area contributed by atoms with Gasteiger partial charge >= 0.3 is 0 Å². The highest BCUT2D eigenvalue weighted by molar-refractivity contribution is 5.46. The Morgan fingerprint density at radius 1 is 1.00 bits per heavy atom. The minimum atomic E-state index is -0.931. The molecule has 1 saturated carbocycles. The van der Waals surface area contributed by atoms with E-state index in [4.69, 9.17) is 5.73 Å². The molecule has 1 aliphatic carbocycles. The minimum absolute atomic E-state index is 0.697. The maximum absolute atomic E-state index is 11.3. The number of rotatable bonds is 5. The topological polar surface area (TPSA) is 46.2 Å². The summed E-state index contributed by atoms with van der Waals surface area (Å²) in [5.74, 6) is 0.797. The highest BCUT2D eigenvalue weighted by atomic mass is 16.3. The average molecular weight is 267 g/mol. The van der Waals surface area contributed by atoms with Crippen LogP contribution in [0.15, 0.2) is 54.6 Å². The maximum Gasteiger partial charge on any atom is 0.115 e. The number of anilines is 1. The van der Waals surface area contributed by atoms with Crippen molar-refractivity contribution >= 4 is 5.69 Å². The SMILES string of the molecule is Nc1cccc(C(O)(CCC2CC2)c2ccccc2)c1. The van der Waals surface area contributed by atoms with Crippen LogP contribution < -0.4 is 5.73 Å². The molecule has 20 heavy (non-hydrogen) atoms. The summed E-state index contributed by atoms with van der Waals surface area (Å²) in [5.41, 5.74) is 7.50. The molecule has 0 saturated heterocycles. The first-order valence-electron chi connectivity index (χ1n) is 7.32. The summed E-state index contributed by atoms with van der Waals surface area (Å²) in [6.45, 7) is 0. The first-order chi connectivity index (χ1) is 9.68. The van der Waals surface area contributed by atoms with E-state index < -0.39 is 5.60 Å². The van der Waals surface area contributed by atoms with E-state index in [1.54, 1.807) is 0 Å². The van der Waals surface area contributed by atoms with E-state index in [-0.39, 0.29) is 0 Å². The second kappa shape index (κ2) is 5.29. The van der Waals surface area contributed by atoms with Crippen LogP contribution >= 0.6 is 0 Å². The Morgan fingerprint density at radius 2 is 1.70 bits per heavy atom. The van der Waals surface area contributed by atoms with Crippen molar-refractivity contribution in [1.29, 1.82) is 0 Å². The molecule has 1 unspecified atom stereocenters. The van der Waals surface area contributed by atoms with Crippen LogP contribution in [-0.2, 0) is 5.60 Å². The van der Waals surface area contributed by atoms with E-state index in [0.717, 1.165) is 29.9 Å². The molecule has 2 aromatic carbocycles. The van der Waals surface area contributed by atoms with Crippen LogP contribution in [-0.4, -0.2) is 5.11 Å². The summed E-state index contributed by atoms with van der Waals surface area (Å²) >= 11 is 0. The molecule has 2 nitrogen and oxygen atoms in total. The zero-order chi connectivity index (χ0) is 14.0. The number of nitrogens with two attached hydrogens (primary N) is 1. The third kappa shape index (κ3) is 2.70. The first kappa shape index (κ1) is 13.2.